The highest BCUT2D eigenvalue weighted by atomic mass is 16.6. The lowest BCUT2D eigenvalue weighted by Crippen LogP contribution is -2.59. The second kappa shape index (κ2) is 8.52. The molecule has 0 aliphatic carbocycles. The Bertz CT molecular complexity index is 913. The van der Waals surface area contributed by atoms with Crippen LogP contribution in [0.4, 0.5) is 0 Å². The van der Waals surface area contributed by atoms with Crippen molar-refractivity contribution in [1.82, 2.24) is 5.32 Å². The van der Waals surface area contributed by atoms with Gasteiger partial charge in [0.25, 0.3) is 11.5 Å². The molecule has 1 saturated heterocycles. The maximum atomic E-state index is 13.1. The molecule has 3 rings (SSSR count). The number of methoxy groups -OCH3 is 1. The lowest BCUT2D eigenvalue weighted by molar-refractivity contribution is -0.198. The predicted octanol–water partition coefficient (Wildman–Crippen LogP) is -0.147. The van der Waals surface area contributed by atoms with Crippen molar-refractivity contribution >= 4 is 11.7 Å². The van der Waals surface area contributed by atoms with Crippen LogP contribution in [0.15, 0.2) is 53.8 Å². The number of ether oxygens (including phenoxy) is 2. The first-order valence-corrected chi connectivity index (χ1v) is 9.93. The lowest BCUT2D eigenvalue weighted by atomic mass is 9.84. The van der Waals surface area contributed by atoms with Gasteiger partial charge >= 0.3 is 0 Å². The molecule has 2 aliphatic heterocycles. The molecule has 1 spiro atoms. The van der Waals surface area contributed by atoms with E-state index in [1.807, 2.05) is 6.92 Å². The quantitative estimate of drug-likeness (QED) is 0.295. The molecule has 0 saturated carbocycles. The van der Waals surface area contributed by atoms with E-state index in [1.54, 1.807) is 36.4 Å². The Labute approximate surface area is 179 Å². The van der Waals surface area contributed by atoms with Crippen LogP contribution in [0, 0.1) is 0 Å². The van der Waals surface area contributed by atoms with Crippen molar-refractivity contribution in [3.8, 4) is 0 Å². The van der Waals surface area contributed by atoms with Gasteiger partial charge in [0.15, 0.2) is 6.10 Å². The molecule has 0 bridgehead atoms. The minimum absolute atomic E-state index is 0.119. The van der Waals surface area contributed by atoms with Crippen LogP contribution in [-0.4, -0.2) is 68.9 Å². The maximum absolute atomic E-state index is 13.1. The molecule has 168 valence electrons. The van der Waals surface area contributed by atoms with Crippen LogP contribution >= 0.6 is 0 Å². The van der Waals surface area contributed by atoms with Gasteiger partial charge in [0.1, 0.15) is 24.1 Å². The molecule has 1 aromatic rings. The number of allylic oxidation sites excluding steroid dienone is 1. The highest BCUT2D eigenvalue weighted by molar-refractivity contribution is 6.20. The van der Waals surface area contributed by atoms with Crippen molar-refractivity contribution < 1.29 is 39.5 Å². The number of hydrogen-bond acceptors (Lipinski definition) is 8. The number of ketones is 1. The minimum atomic E-state index is -2.47. The summed E-state index contributed by atoms with van der Waals surface area (Å²) in [5, 5.41) is 45.1. The van der Waals surface area contributed by atoms with Gasteiger partial charge in [-0.15, -0.1) is 0 Å². The van der Waals surface area contributed by atoms with Gasteiger partial charge in [0.2, 0.25) is 11.5 Å². The van der Waals surface area contributed by atoms with E-state index >= 15 is 0 Å². The fourth-order valence-corrected chi connectivity index (χ4v) is 3.97. The van der Waals surface area contributed by atoms with Crippen LogP contribution in [0.1, 0.15) is 31.9 Å². The fourth-order valence-electron chi connectivity index (χ4n) is 3.97. The van der Waals surface area contributed by atoms with Crippen LogP contribution in [0.3, 0.4) is 0 Å². The summed E-state index contributed by atoms with van der Waals surface area (Å²) in [7, 11) is 1.17. The van der Waals surface area contributed by atoms with E-state index in [-0.39, 0.29) is 11.3 Å². The van der Waals surface area contributed by atoms with Gasteiger partial charge in [0.05, 0.1) is 0 Å². The van der Waals surface area contributed by atoms with Gasteiger partial charge in [-0.3, -0.25) is 9.59 Å². The SMILES string of the molecule is CC/C=C\[C@H](O)[C@H](O)C1=C(C)C(=O)[C@]2(O1)C(=O)N[C@@](OC)(C(O)c1ccccc1)[C@@H]2O. The number of hydrogen-bond donors (Lipinski definition) is 5. The molecule has 0 radical (unpaired) electrons. The molecule has 1 amide bonds. The summed E-state index contributed by atoms with van der Waals surface area (Å²) in [5.41, 5.74) is -4.35. The van der Waals surface area contributed by atoms with E-state index in [1.165, 1.54) is 20.1 Å². The summed E-state index contributed by atoms with van der Waals surface area (Å²) in [5.74, 6) is -2.24. The Kier molecular flexibility index (Phi) is 6.35. The topological polar surface area (TPSA) is 146 Å². The van der Waals surface area contributed by atoms with Crippen LogP contribution in [0.25, 0.3) is 0 Å². The molecule has 1 unspecified atom stereocenters. The van der Waals surface area contributed by atoms with Crippen LogP contribution < -0.4 is 5.32 Å². The van der Waals surface area contributed by atoms with Gasteiger partial charge in [-0.05, 0) is 18.9 Å². The smallest absolute Gasteiger partial charge is 0.278 e. The lowest BCUT2D eigenvalue weighted by Gasteiger charge is -2.37. The van der Waals surface area contributed by atoms with E-state index < -0.39 is 47.4 Å². The Balaban J connectivity index is 1.98. The maximum Gasteiger partial charge on any atom is 0.278 e. The second-order valence-electron chi connectivity index (χ2n) is 7.60. The van der Waals surface area contributed by atoms with E-state index in [0.717, 1.165) is 0 Å². The number of amides is 1. The molecule has 6 atom stereocenters. The second-order valence-corrected chi connectivity index (χ2v) is 7.60. The van der Waals surface area contributed by atoms with Crippen LogP contribution in [-0.2, 0) is 19.1 Å². The van der Waals surface area contributed by atoms with Crippen LogP contribution in [0.2, 0.25) is 0 Å². The summed E-state index contributed by atoms with van der Waals surface area (Å²) in [4.78, 5) is 26.1. The van der Waals surface area contributed by atoms with Gasteiger partial charge in [0, 0.05) is 12.7 Å². The summed E-state index contributed by atoms with van der Waals surface area (Å²) in [6.07, 6.45) is -2.96. The third kappa shape index (κ3) is 3.38. The number of carbonyl (C=O) groups is 2. The average molecular weight is 433 g/mol. The number of aliphatic hydroxyl groups is 4. The molecule has 1 aromatic carbocycles. The molecule has 9 heteroatoms. The molecular weight excluding hydrogens is 406 g/mol. The molecule has 1 fully saturated rings. The van der Waals surface area contributed by atoms with Crippen molar-refractivity contribution in [3.05, 3.63) is 59.4 Å². The highest BCUT2D eigenvalue weighted by Gasteiger charge is 2.73. The zero-order valence-electron chi connectivity index (χ0n) is 17.5. The number of rotatable bonds is 7. The molecule has 5 N–H and O–H groups in total. The predicted molar refractivity (Wildman–Crippen MR) is 108 cm³/mol. The van der Waals surface area contributed by atoms with Crippen molar-refractivity contribution in [1.29, 1.82) is 0 Å². The largest absolute Gasteiger partial charge is 0.467 e. The van der Waals surface area contributed by atoms with Gasteiger partial charge in [-0.25, -0.2) is 0 Å². The first kappa shape index (κ1) is 23.1. The monoisotopic (exact) mass is 433 g/mol. The zero-order chi connectivity index (χ0) is 23.0. The van der Waals surface area contributed by atoms with E-state index in [9.17, 15) is 30.0 Å². The van der Waals surface area contributed by atoms with E-state index in [4.69, 9.17) is 9.47 Å². The van der Waals surface area contributed by atoms with Crippen LogP contribution in [0.5, 0.6) is 0 Å². The highest BCUT2D eigenvalue weighted by Crippen LogP contribution is 2.47. The molecule has 9 nitrogen and oxygen atoms in total. The number of Topliss-reactive ketones (excluding diaryl/α,β-unsaturated/α-hetero) is 1. The summed E-state index contributed by atoms with van der Waals surface area (Å²) in [6, 6.07) is 8.18. The Morgan fingerprint density at radius 2 is 1.87 bits per heavy atom. The summed E-state index contributed by atoms with van der Waals surface area (Å²) >= 11 is 0. The number of nitrogens with one attached hydrogen (secondary N) is 1. The first-order chi connectivity index (χ1) is 14.7. The van der Waals surface area contributed by atoms with E-state index in [0.29, 0.717) is 12.0 Å². The zero-order valence-corrected chi connectivity index (χ0v) is 17.5. The van der Waals surface area contributed by atoms with Crippen molar-refractivity contribution in [3.63, 3.8) is 0 Å². The summed E-state index contributed by atoms with van der Waals surface area (Å²) < 4.78 is 11.0. The van der Waals surface area contributed by atoms with Crippen molar-refractivity contribution in [2.24, 2.45) is 0 Å². The fraction of sp³-hybridized carbons (Fsp3) is 0.455. The van der Waals surface area contributed by atoms with E-state index in [2.05, 4.69) is 5.32 Å². The normalized spacial score (nSPS) is 31.3. The Morgan fingerprint density at radius 3 is 2.45 bits per heavy atom. The Hall–Kier alpha value is -2.56. The molecule has 2 aliphatic rings. The third-order valence-electron chi connectivity index (χ3n) is 5.78. The third-order valence-corrected chi connectivity index (χ3v) is 5.78. The number of aliphatic hydroxyl groups excluding tert-OH is 4. The standard InChI is InChI=1S/C22H27NO8/c1-4-5-11-14(24)15(25)16-12(2)17(26)21(31-16)19(28)22(30-3,23-20(21)29)18(27)13-9-7-6-8-10-13/h5-11,14-15,18-19,24-25,27-28H,4H2,1-3H3,(H,23,29)/b11-5-/t14-,15-,18?,19+,21+,22+/m0/s1. The summed E-state index contributed by atoms with van der Waals surface area (Å²) in [6.45, 7) is 3.17. The molecule has 31 heavy (non-hydrogen) atoms. The average Bonchev–Trinajstić information content (AvgIpc) is 3.18. The molecular formula is C22H27NO8. The van der Waals surface area contributed by atoms with Gasteiger partial charge < -0.3 is 35.2 Å². The van der Waals surface area contributed by atoms with Gasteiger partial charge in [-0.1, -0.05) is 49.4 Å². The van der Waals surface area contributed by atoms with Crippen molar-refractivity contribution in [2.75, 3.05) is 7.11 Å². The first-order valence-electron chi connectivity index (χ1n) is 9.93. The molecule has 2 heterocycles. The number of benzene rings is 1. The minimum Gasteiger partial charge on any atom is -0.467 e. The Morgan fingerprint density at radius 1 is 1.23 bits per heavy atom. The van der Waals surface area contributed by atoms with Gasteiger partial charge in [-0.2, -0.15) is 0 Å². The van der Waals surface area contributed by atoms with Crippen molar-refractivity contribution in [2.45, 2.75) is 56.0 Å². The number of carbonyl (C=O) groups excluding carboxylic acids is 2. The molecule has 0 aromatic heterocycles.